The van der Waals surface area contributed by atoms with Crippen LogP contribution in [0.5, 0.6) is 0 Å². The summed E-state index contributed by atoms with van der Waals surface area (Å²) < 4.78 is 65.6. The van der Waals surface area contributed by atoms with Gasteiger partial charge in [-0.3, -0.25) is 0 Å². The molecule has 0 aliphatic heterocycles. The van der Waals surface area contributed by atoms with E-state index in [4.69, 9.17) is 0 Å². The maximum atomic E-state index is 13.0. The Morgan fingerprint density at radius 3 is 1.83 bits per heavy atom. The molecule has 3 rings (SSSR count). The highest BCUT2D eigenvalue weighted by molar-refractivity contribution is 5.58. The molecule has 2 aromatic carbocycles. The van der Waals surface area contributed by atoms with Gasteiger partial charge in [-0.15, -0.1) is 5.10 Å². The molecule has 3 nitrogen and oxygen atoms in total. The SMILES string of the molecule is Fc1ccc(-c2nc(C(F)(F)F)nn2-c2ccc(F)cc2)cc1. The van der Waals surface area contributed by atoms with Crippen LogP contribution in [0.4, 0.5) is 22.0 Å². The van der Waals surface area contributed by atoms with Gasteiger partial charge in [0.1, 0.15) is 11.6 Å². The molecular weight excluding hydrogens is 317 g/mol. The summed E-state index contributed by atoms with van der Waals surface area (Å²) in [6.07, 6.45) is -4.74. The van der Waals surface area contributed by atoms with E-state index in [2.05, 4.69) is 10.1 Å². The first kappa shape index (κ1) is 15.1. The molecule has 1 aromatic heterocycles. The predicted molar refractivity (Wildman–Crippen MR) is 71.7 cm³/mol. The summed E-state index contributed by atoms with van der Waals surface area (Å²) in [5.41, 5.74) is 0.451. The minimum atomic E-state index is -4.74. The highest BCUT2D eigenvalue weighted by atomic mass is 19.4. The van der Waals surface area contributed by atoms with Crippen molar-refractivity contribution in [3.63, 3.8) is 0 Å². The lowest BCUT2D eigenvalue weighted by atomic mass is 10.2. The Morgan fingerprint density at radius 2 is 1.30 bits per heavy atom. The molecule has 0 amide bonds. The van der Waals surface area contributed by atoms with Gasteiger partial charge in [-0.25, -0.2) is 18.4 Å². The van der Waals surface area contributed by atoms with Gasteiger partial charge >= 0.3 is 6.18 Å². The zero-order valence-corrected chi connectivity index (χ0v) is 11.4. The lowest BCUT2D eigenvalue weighted by Crippen LogP contribution is -2.08. The monoisotopic (exact) mass is 325 g/mol. The summed E-state index contributed by atoms with van der Waals surface area (Å²) in [6, 6.07) is 9.53. The molecule has 0 fully saturated rings. The molecule has 0 saturated heterocycles. The maximum absolute atomic E-state index is 13.0. The van der Waals surface area contributed by atoms with E-state index in [1.165, 1.54) is 24.3 Å². The van der Waals surface area contributed by atoms with Crippen molar-refractivity contribution in [1.82, 2.24) is 14.8 Å². The molecule has 23 heavy (non-hydrogen) atoms. The number of benzene rings is 2. The van der Waals surface area contributed by atoms with Gasteiger partial charge in [-0.1, -0.05) is 0 Å². The molecule has 0 atom stereocenters. The van der Waals surface area contributed by atoms with Gasteiger partial charge in [0, 0.05) is 5.56 Å². The van der Waals surface area contributed by atoms with E-state index in [9.17, 15) is 22.0 Å². The van der Waals surface area contributed by atoms with E-state index in [-0.39, 0.29) is 17.1 Å². The van der Waals surface area contributed by atoms with Gasteiger partial charge in [0.25, 0.3) is 5.82 Å². The van der Waals surface area contributed by atoms with Crippen LogP contribution in [0.2, 0.25) is 0 Å². The molecule has 0 spiro atoms. The van der Waals surface area contributed by atoms with Crippen LogP contribution in [0.25, 0.3) is 17.1 Å². The van der Waals surface area contributed by atoms with Crippen LogP contribution >= 0.6 is 0 Å². The van der Waals surface area contributed by atoms with E-state index in [0.717, 1.165) is 28.9 Å². The van der Waals surface area contributed by atoms with E-state index < -0.39 is 23.6 Å². The molecule has 0 aliphatic rings. The number of hydrogen-bond acceptors (Lipinski definition) is 2. The summed E-state index contributed by atoms with van der Waals surface area (Å²) in [5, 5.41) is 3.44. The Kier molecular flexibility index (Phi) is 3.59. The van der Waals surface area contributed by atoms with E-state index in [1.54, 1.807) is 0 Å². The Balaban J connectivity index is 2.18. The number of aromatic nitrogens is 3. The first-order valence-electron chi connectivity index (χ1n) is 6.41. The Hall–Kier alpha value is -2.77. The molecule has 0 N–H and O–H groups in total. The van der Waals surface area contributed by atoms with Gasteiger partial charge in [-0.2, -0.15) is 13.2 Å². The van der Waals surface area contributed by atoms with E-state index in [1.807, 2.05) is 0 Å². The second kappa shape index (κ2) is 5.45. The molecule has 0 saturated carbocycles. The predicted octanol–water partition coefficient (Wildman–Crippen LogP) is 4.23. The standard InChI is InChI=1S/C15H8F5N3/c16-10-3-1-9(2-4-10)13-21-14(15(18,19)20)22-23(13)12-7-5-11(17)6-8-12/h1-8H. The molecule has 0 unspecified atom stereocenters. The second-order valence-corrected chi connectivity index (χ2v) is 4.65. The van der Waals surface area contributed by atoms with Crippen molar-refractivity contribution in [2.75, 3.05) is 0 Å². The third kappa shape index (κ3) is 3.05. The molecule has 0 radical (unpaired) electrons. The minimum Gasteiger partial charge on any atom is -0.213 e. The average molecular weight is 325 g/mol. The van der Waals surface area contributed by atoms with Gasteiger partial charge in [-0.05, 0) is 48.5 Å². The third-order valence-corrected chi connectivity index (χ3v) is 3.03. The Morgan fingerprint density at radius 1 is 0.783 bits per heavy atom. The molecule has 3 aromatic rings. The average Bonchev–Trinajstić information content (AvgIpc) is 2.94. The normalized spacial score (nSPS) is 11.7. The van der Waals surface area contributed by atoms with Crippen LogP contribution in [0.3, 0.4) is 0 Å². The Bertz CT molecular complexity index is 757. The van der Waals surface area contributed by atoms with Crippen LogP contribution in [0, 0.1) is 11.6 Å². The van der Waals surface area contributed by atoms with Crippen molar-refractivity contribution < 1.29 is 22.0 Å². The van der Waals surface area contributed by atoms with Crippen LogP contribution in [-0.2, 0) is 6.18 Å². The van der Waals surface area contributed by atoms with Crippen LogP contribution in [0.15, 0.2) is 48.5 Å². The molecule has 8 heteroatoms. The first-order chi connectivity index (χ1) is 10.8. The fourth-order valence-corrected chi connectivity index (χ4v) is 1.98. The number of alkyl halides is 3. The summed E-state index contributed by atoms with van der Waals surface area (Å²) in [6.45, 7) is 0. The molecule has 118 valence electrons. The summed E-state index contributed by atoms with van der Waals surface area (Å²) in [5.74, 6) is -2.52. The second-order valence-electron chi connectivity index (χ2n) is 4.65. The number of rotatable bonds is 2. The zero-order valence-electron chi connectivity index (χ0n) is 11.4. The van der Waals surface area contributed by atoms with Crippen molar-refractivity contribution in [2.24, 2.45) is 0 Å². The fraction of sp³-hybridized carbons (Fsp3) is 0.0667. The molecule has 1 heterocycles. The van der Waals surface area contributed by atoms with Crippen LogP contribution in [0.1, 0.15) is 5.82 Å². The van der Waals surface area contributed by atoms with Crippen LogP contribution in [-0.4, -0.2) is 14.8 Å². The molecule has 0 bridgehead atoms. The summed E-state index contributed by atoms with van der Waals surface area (Å²) in [4.78, 5) is 3.49. The lowest BCUT2D eigenvalue weighted by molar-refractivity contribution is -0.144. The van der Waals surface area contributed by atoms with Gasteiger partial charge in [0.2, 0.25) is 0 Å². The van der Waals surface area contributed by atoms with E-state index >= 15 is 0 Å². The fourth-order valence-electron chi connectivity index (χ4n) is 1.98. The highest BCUT2D eigenvalue weighted by Crippen LogP contribution is 2.30. The summed E-state index contributed by atoms with van der Waals surface area (Å²) >= 11 is 0. The van der Waals surface area contributed by atoms with Gasteiger partial charge in [0.05, 0.1) is 5.69 Å². The maximum Gasteiger partial charge on any atom is 0.453 e. The third-order valence-electron chi connectivity index (χ3n) is 3.03. The topological polar surface area (TPSA) is 30.7 Å². The largest absolute Gasteiger partial charge is 0.453 e. The quantitative estimate of drug-likeness (QED) is 0.660. The van der Waals surface area contributed by atoms with Crippen LogP contribution < -0.4 is 0 Å². The number of nitrogens with zero attached hydrogens (tertiary/aromatic N) is 3. The number of hydrogen-bond donors (Lipinski definition) is 0. The van der Waals surface area contributed by atoms with Gasteiger partial charge in [0.15, 0.2) is 5.82 Å². The van der Waals surface area contributed by atoms with Crippen molar-refractivity contribution in [1.29, 1.82) is 0 Å². The minimum absolute atomic E-state index is 0.121. The van der Waals surface area contributed by atoms with Gasteiger partial charge < -0.3 is 0 Å². The Labute approximate surface area is 127 Å². The molecule has 0 aliphatic carbocycles. The zero-order chi connectivity index (χ0) is 16.6. The van der Waals surface area contributed by atoms with Crippen molar-refractivity contribution >= 4 is 0 Å². The highest BCUT2D eigenvalue weighted by Gasteiger charge is 2.37. The number of halogens is 5. The lowest BCUT2D eigenvalue weighted by Gasteiger charge is -2.05. The van der Waals surface area contributed by atoms with Crippen molar-refractivity contribution in [3.05, 3.63) is 66.0 Å². The first-order valence-corrected chi connectivity index (χ1v) is 6.41. The smallest absolute Gasteiger partial charge is 0.213 e. The molecular formula is C15H8F5N3. The summed E-state index contributed by atoms with van der Waals surface area (Å²) in [7, 11) is 0. The van der Waals surface area contributed by atoms with Crippen molar-refractivity contribution in [3.8, 4) is 17.1 Å². The van der Waals surface area contributed by atoms with E-state index in [0.29, 0.717) is 0 Å². The van der Waals surface area contributed by atoms with Crippen molar-refractivity contribution in [2.45, 2.75) is 6.18 Å².